The molecule has 0 aliphatic heterocycles. The zero-order valence-electron chi connectivity index (χ0n) is 9.81. The molecule has 0 radical (unpaired) electrons. The second kappa shape index (κ2) is 6.47. The number of carbonyl (C=O) groups is 1. The number of rotatable bonds is 5. The average molecular weight is 278 g/mol. The molecule has 0 unspecified atom stereocenters. The zero-order valence-corrected chi connectivity index (χ0v) is 11.4. The first kappa shape index (κ1) is 13.0. The van der Waals surface area contributed by atoms with Gasteiger partial charge < -0.3 is 10.3 Å². The van der Waals surface area contributed by atoms with Crippen molar-refractivity contribution in [3.8, 4) is 0 Å². The Bertz CT molecular complexity index is 560. The van der Waals surface area contributed by atoms with Gasteiger partial charge in [0.2, 0.25) is 0 Å². The summed E-state index contributed by atoms with van der Waals surface area (Å²) in [5.41, 5.74) is 1.84. The molecule has 1 amide bonds. The Hall–Kier alpha value is -1.46. The molecule has 2 N–H and O–H groups in total. The summed E-state index contributed by atoms with van der Waals surface area (Å²) in [5, 5.41) is 4.62. The van der Waals surface area contributed by atoms with Crippen molar-refractivity contribution < 1.29 is 4.79 Å². The lowest BCUT2D eigenvalue weighted by Crippen LogP contribution is -2.25. The molecule has 5 heteroatoms. The fourth-order valence-corrected chi connectivity index (χ4v) is 2.44. The van der Waals surface area contributed by atoms with Gasteiger partial charge in [0.05, 0.1) is 0 Å². The first-order valence-corrected chi connectivity index (χ1v) is 7.04. The Morgan fingerprint density at radius 1 is 1.33 bits per heavy atom. The topological polar surface area (TPSA) is 44.9 Å². The van der Waals surface area contributed by atoms with E-state index in [2.05, 4.69) is 22.4 Å². The second-order valence-electron chi connectivity index (χ2n) is 3.91. The normalized spacial score (nSPS) is 10.2. The van der Waals surface area contributed by atoms with Crippen LogP contribution < -0.4 is 5.32 Å². The van der Waals surface area contributed by atoms with Crippen LogP contribution >= 0.6 is 23.6 Å². The van der Waals surface area contributed by atoms with E-state index in [1.54, 1.807) is 5.38 Å². The minimum absolute atomic E-state index is 0.0876. The van der Waals surface area contributed by atoms with Crippen LogP contribution in [0.1, 0.15) is 22.5 Å². The molecule has 0 fully saturated rings. The lowest BCUT2D eigenvalue weighted by molar-refractivity contribution is 0.0949. The summed E-state index contributed by atoms with van der Waals surface area (Å²) in [7, 11) is 0. The number of amides is 1. The summed E-state index contributed by atoms with van der Waals surface area (Å²) in [6.45, 7) is 0.671. The van der Waals surface area contributed by atoms with Crippen molar-refractivity contribution >= 4 is 29.5 Å². The fraction of sp³-hybridized carbons (Fsp3) is 0.231. The minimum Gasteiger partial charge on any atom is -0.351 e. The highest BCUT2D eigenvalue weighted by Crippen LogP contribution is 2.04. The maximum Gasteiger partial charge on any atom is 0.268 e. The Labute approximate surface area is 115 Å². The highest BCUT2D eigenvalue weighted by atomic mass is 32.1. The molecule has 3 nitrogen and oxygen atoms in total. The van der Waals surface area contributed by atoms with Crippen LogP contribution in [0.2, 0.25) is 0 Å². The fourth-order valence-electron chi connectivity index (χ4n) is 1.63. The van der Waals surface area contributed by atoms with Crippen molar-refractivity contribution in [2.45, 2.75) is 12.8 Å². The summed E-state index contributed by atoms with van der Waals surface area (Å²) < 4.78 is 0.629. The first-order chi connectivity index (χ1) is 8.75. The number of thiazole rings is 1. The van der Waals surface area contributed by atoms with Gasteiger partial charge in [0.1, 0.15) is 5.69 Å². The molecule has 1 heterocycles. The quantitative estimate of drug-likeness (QED) is 0.652. The molecular weight excluding hydrogens is 264 g/mol. The Balaban J connectivity index is 1.73. The molecule has 1 aromatic heterocycles. The van der Waals surface area contributed by atoms with Crippen LogP contribution in [0.4, 0.5) is 0 Å². The van der Waals surface area contributed by atoms with E-state index in [4.69, 9.17) is 12.2 Å². The van der Waals surface area contributed by atoms with Gasteiger partial charge in [-0.2, -0.15) is 0 Å². The van der Waals surface area contributed by atoms with Crippen LogP contribution in [0, 0.1) is 3.95 Å². The summed E-state index contributed by atoms with van der Waals surface area (Å²) in [4.78, 5) is 14.5. The summed E-state index contributed by atoms with van der Waals surface area (Å²) in [6, 6.07) is 10.2. The summed E-state index contributed by atoms with van der Waals surface area (Å²) in [6.07, 6.45) is 1.90. The Morgan fingerprint density at radius 2 is 2.11 bits per heavy atom. The van der Waals surface area contributed by atoms with Crippen LogP contribution in [0.25, 0.3) is 0 Å². The van der Waals surface area contributed by atoms with Crippen LogP contribution in [-0.2, 0) is 6.42 Å². The lowest BCUT2D eigenvalue weighted by Gasteiger charge is -2.03. The van der Waals surface area contributed by atoms with Gasteiger partial charge in [0.15, 0.2) is 3.95 Å². The molecule has 94 valence electrons. The number of hydrogen-bond acceptors (Lipinski definition) is 3. The smallest absolute Gasteiger partial charge is 0.268 e. The van der Waals surface area contributed by atoms with E-state index in [1.807, 2.05) is 18.2 Å². The summed E-state index contributed by atoms with van der Waals surface area (Å²) in [5.74, 6) is -0.0876. The van der Waals surface area contributed by atoms with Gasteiger partial charge >= 0.3 is 0 Å². The van der Waals surface area contributed by atoms with E-state index in [-0.39, 0.29) is 5.91 Å². The summed E-state index contributed by atoms with van der Waals surface area (Å²) >= 11 is 6.30. The van der Waals surface area contributed by atoms with Crippen LogP contribution in [-0.4, -0.2) is 17.4 Å². The minimum atomic E-state index is -0.0876. The standard InChI is InChI=1S/C13H14N2OS2/c16-12(11-9-18-13(17)15-11)14-8-4-7-10-5-2-1-3-6-10/h1-3,5-6,9H,4,7-8H2,(H,14,16)(H,15,17). The molecular formula is C13H14N2OS2. The number of carbonyl (C=O) groups excluding carboxylic acids is 1. The number of nitrogens with one attached hydrogen (secondary N) is 2. The lowest BCUT2D eigenvalue weighted by atomic mass is 10.1. The van der Waals surface area contributed by atoms with E-state index in [0.717, 1.165) is 12.8 Å². The third-order valence-corrected chi connectivity index (χ3v) is 3.60. The SMILES string of the molecule is O=C(NCCCc1ccccc1)c1csc(=S)[nH]1. The van der Waals surface area contributed by atoms with Crippen LogP contribution in [0.15, 0.2) is 35.7 Å². The van der Waals surface area contributed by atoms with Gasteiger partial charge in [-0.3, -0.25) is 4.79 Å². The first-order valence-electron chi connectivity index (χ1n) is 5.75. The third kappa shape index (κ3) is 3.78. The zero-order chi connectivity index (χ0) is 12.8. The van der Waals surface area contributed by atoms with E-state index in [9.17, 15) is 4.79 Å². The van der Waals surface area contributed by atoms with Crippen molar-refractivity contribution in [3.05, 3.63) is 50.9 Å². The molecule has 0 spiro atoms. The molecule has 2 rings (SSSR count). The van der Waals surface area contributed by atoms with Crippen molar-refractivity contribution in [1.29, 1.82) is 0 Å². The highest BCUT2D eigenvalue weighted by Gasteiger charge is 2.05. The average Bonchev–Trinajstić information content (AvgIpc) is 2.82. The van der Waals surface area contributed by atoms with Gasteiger partial charge in [0.25, 0.3) is 5.91 Å². The predicted molar refractivity (Wildman–Crippen MR) is 76.6 cm³/mol. The monoisotopic (exact) mass is 278 g/mol. The van der Waals surface area contributed by atoms with Crippen molar-refractivity contribution in [1.82, 2.24) is 10.3 Å². The number of hydrogen-bond donors (Lipinski definition) is 2. The Morgan fingerprint density at radius 3 is 2.78 bits per heavy atom. The van der Waals surface area contributed by atoms with Crippen LogP contribution in [0.3, 0.4) is 0 Å². The van der Waals surface area contributed by atoms with E-state index >= 15 is 0 Å². The third-order valence-electron chi connectivity index (χ3n) is 2.54. The van der Waals surface area contributed by atoms with E-state index in [1.165, 1.54) is 16.9 Å². The van der Waals surface area contributed by atoms with Gasteiger partial charge in [-0.05, 0) is 30.6 Å². The molecule has 0 saturated heterocycles. The molecule has 2 aromatic rings. The number of aryl methyl sites for hydroxylation is 1. The number of aromatic nitrogens is 1. The van der Waals surface area contributed by atoms with Crippen LogP contribution in [0.5, 0.6) is 0 Å². The van der Waals surface area contributed by atoms with E-state index < -0.39 is 0 Å². The number of H-pyrrole nitrogens is 1. The molecule has 18 heavy (non-hydrogen) atoms. The van der Waals surface area contributed by atoms with Gasteiger partial charge in [-0.25, -0.2) is 0 Å². The van der Waals surface area contributed by atoms with Crippen molar-refractivity contribution in [3.63, 3.8) is 0 Å². The Kier molecular flexibility index (Phi) is 4.66. The number of benzene rings is 1. The number of aromatic amines is 1. The maximum atomic E-state index is 11.7. The van der Waals surface area contributed by atoms with E-state index in [0.29, 0.717) is 16.2 Å². The molecule has 0 aliphatic rings. The van der Waals surface area contributed by atoms with Gasteiger partial charge in [0, 0.05) is 11.9 Å². The molecule has 0 atom stereocenters. The second-order valence-corrected chi connectivity index (χ2v) is 5.45. The van der Waals surface area contributed by atoms with Gasteiger partial charge in [-0.1, -0.05) is 30.3 Å². The predicted octanol–water partition coefficient (Wildman–Crippen LogP) is 3.17. The molecule has 0 aliphatic carbocycles. The largest absolute Gasteiger partial charge is 0.351 e. The van der Waals surface area contributed by atoms with Crippen molar-refractivity contribution in [2.24, 2.45) is 0 Å². The maximum absolute atomic E-state index is 11.7. The molecule has 1 aromatic carbocycles. The van der Waals surface area contributed by atoms with Crippen molar-refractivity contribution in [2.75, 3.05) is 6.54 Å². The highest BCUT2D eigenvalue weighted by molar-refractivity contribution is 7.73. The molecule has 0 bridgehead atoms. The molecule has 0 saturated carbocycles. The van der Waals surface area contributed by atoms with Gasteiger partial charge in [-0.15, -0.1) is 11.3 Å².